The van der Waals surface area contributed by atoms with Crippen LogP contribution in [0.2, 0.25) is 0 Å². The van der Waals surface area contributed by atoms with Gasteiger partial charge in [-0.2, -0.15) is 0 Å². The summed E-state index contributed by atoms with van der Waals surface area (Å²) in [6, 6.07) is 0. The zero-order valence-corrected chi connectivity index (χ0v) is 11.3. The molecule has 86 valence electrons. The van der Waals surface area contributed by atoms with Gasteiger partial charge < -0.3 is 0 Å². The van der Waals surface area contributed by atoms with E-state index < -0.39 is 14.6 Å². The fourth-order valence-corrected chi connectivity index (χ4v) is 3.34. The Labute approximate surface area is 89.0 Å². The molecule has 0 aromatic rings. The Morgan fingerprint density at radius 2 is 1.36 bits per heavy atom. The molecule has 0 aliphatic carbocycles. The highest BCUT2D eigenvalue weighted by Gasteiger charge is 2.44. The molecule has 2 nitrogen and oxygen atoms in total. The monoisotopic (exact) mass is 220 g/mol. The van der Waals surface area contributed by atoms with Crippen molar-refractivity contribution in [3.63, 3.8) is 0 Å². The first-order chi connectivity index (χ1) is 5.92. The van der Waals surface area contributed by atoms with Gasteiger partial charge in [-0.1, -0.05) is 34.6 Å². The molecule has 0 radical (unpaired) electrons. The van der Waals surface area contributed by atoms with Crippen LogP contribution in [0.15, 0.2) is 0 Å². The number of hydrogen-bond acceptors (Lipinski definition) is 2. The largest absolute Gasteiger partial charge is 0.228 e. The van der Waals surface area contributed by atoms with Crippen molar-refractivity contribution in [3.8, 4) is 0 Å². The molecule has 14 heavy (non-hydrogen) atoms. The first kappa shape index (κ1) is 13.9. The van der Waals surface area contributed by atoms with E-state index in [0.29, 0.717) is 0 Å². The van der Waals surface area contributed by atoms with E-state index in [9.17, 15) is 8.42 Å². The summed E-state index contributed by atoms with van der Waals surface area (Å²) in [5.74, 6) is 0.471. The van der Waals surface area contributed by atoms with Gasteiger partial charge in [0.25, 0.3) is 0 Å². The maximum absolute atomic E-state index is 12.1. The minimum atomic E-state index is -3.02. The molecule has 0 heterocycles. The first-order valence-corrected chi connectivity index (χ1v) is 6.79. The Bertz CT molecular complexity index is 279. The summed E-state index contributed by atoms with van der Waals surface area (Å²) in [6.07, 6.45) is 0. The van der Waals surface area contributed by atoms with Crippen LogP contribution < -0.4 is 0 Å². The van der Waals surface area contributed by atoms with E-state index in [-0.39, 0.29) is 17.1 Å². The predicted octanol–water partition coefficient (Wildman–Crippen LogP) is 2.88. The molecule has 0 saturated heterocycles. The molecule has 0 aliphatic heterocycles. The zero-order valence-electron chi connectivity index (χ0n) is 10.5. The fraction of sp³-hybridized carbons (Fsp3) is 1.00. The third-order valence-corrected chi connectivity index (χ3v) is 6.41. The SMILES string of the molecule is CC(C)CS(=O)(=O)C(C)(C)C(C)(C)C. The van der Waals surface area contributed by atoms with Crippen molar-refractivity contribution in [3.05, 3.63) is 0 Å². The standard InChI is InChI=1S/C11H24O2S/c1-9(2)8-14(12,13)11(6,7)10(3,4)5/h9H,8H2,1-7H3. The van der Waals surface area contributed by atoms with E-state index in [1.165, 1.54) is 0 Å². The molecule has 0 atom stereocenters. The lowest BCUT2D eigenvalue weighted by molar-refractivity contribution is 0.301. The maximum Gasteiger partial charge on any atom is 0.156 e. The summed E-state index contributed by atoms with van der Waals surface area (Å²) in [5, 5.41) is 0. The molecule has 0 bridgehead atoms. The van der Waals surface area contributed by atoms with Crippen LogP contribution in [-0.2, 0) is 9.84 Å². The van der Waals surface area contributed by atoms with E-state index >= 15 is 0 Å². The minimum Gasteiger partial charge on any atom is -0.228 e. The van der Waals surface area contributed by atoms with E-state index in [1.807, 2.05) is 48.5 Å². The van der Waals surface area contributed by atoms with Crippen LogP contribution in [0.1, 0.15) is 48.5 Å². The van der Waals surface area contributed by atoms with Crippen molar-refractivity contribution >= 4 is 9.84 Å². The van der Waals surface area contributed by atoms with Crippen molar-refractivity contribution in [1.82, 2.24) is 0 Å². The lowest BCUT2D eigenvalue weighted by Gasteiger charge is -2.38. The van der Waals surface area contributed by atoms with Gasteiger partial charge in [0.1, 0.15) is 0 Å². The van der Waals surface area contributed by atoms with Crippen LogP contribution >= 0.6 is 0 Å². The predicted molar refractivity (Wildman–Crippen MR) is 62.2 cm³/mol. The first-order valence-electron chi connectivity index (χ1n) is 5.14. The Kier molecular flexibility index (Phi) is 3.82. The van der Waals surface area contributed by atoms with Gasteiger partial charge in [0.15, 0.2) is 9.84 Å². The van der Waals surface area contributed by atoms with Crippen molar-refractivity contribution in [2.24, 2.45) is 11.3 Å². The van der Waals surface area contributed by atoms with Crippen LogP contribution in [0.25, 0.3) is 0 Å². The molecule has 0 aromatic heterocycles. The quantitative estimate of drug-likeness (QED) is 0.733. The summed E-state index contributed by atoms with van der Waals surface area (Å²) in [4.78, 5) is 0. The number of sulfone groups is 1. The maximum atomic E-state index is 12.1. The summed E-state index contributed by atoms with van der Waals surface area (Å²) in [6.45, 7) is 13.5. The Morgan fingerprint density at radius 3 is 1.57 bits per heavy atom. The topological polar surface area (TPSA) is 34.1 Å². The van der Waals surface area contributed by atoms with Crippen LogP contribution in [0.4, 0.5) is 0 Å². The third kappa shape index (κ3) is 2.72. The lowest BCUT2D eigenvalue weighted by Crippen LogP contribution is -2.46. The van der Waals surface area contributed by atoms with Crippen molar-refractivity contribution in [1.29, 1.82) is 0 Å². The zero-order chi connectivity index (χ0) is 11.8. The normalized spacial score (nSPS) is 14.9. The Hall–Kier alpha value is -0.0500. The van der Waals surface area contributed by atoms with E-state index in [4.69, 9.17) is 0 Å². The molecular formula is C11H24O2S. The smallest absolute Gasteiger partial charge is 0.156 e. The number of hydrogen-bond donors (Lipinski definition) is 0. The molecular weight excluding hydrogens is 196 g/mol. The van der Waals surface area contributed by atoms with E-state index in [0.717, 1.165) is 0 Å². The molecule has 3 heteroatoms. The summed E-state index contributed by atoms with van der Waals surface area (Å²) < 4.78 is 23.6. The molecule has 0 fully saturated rings. The van der Waals surface area contributed by atoms with Gasteiger partial charge in [0, 0.05) is 0 Å². The second kappa shape index (κ2) is 3.84. The summed E-state index contributed by atoms with van der Waals surface area (Å²) in [7, 11) is -3.02. The molecule has 0 unspecified atom stereocenters. The van der Waals surface area contributed by atoms with E-state index in [1.54, 1.807) is 0 Å². The van der Waals surface area contributed by atoms with Crippen molar-refractivity contribution in [2.45, 2.75) is 53.2 Å². The highest BCUT2D eigenvalue weighted by Crippen LogP contribution is 2.37. The highest BCUT2D eigenvalue weighted by molar-refractivity contribution is 7.92. The molecule has 0 aromatic carbocycles. The molecule has 0 rings (SSSR count). The summed E-state index contributed by atoms with van der Waals surface area (Å²) >= 11 is 0. The second-order valence-corrected chi connectivity index (χ2v) is 8.52. The summed E-state index contributed by atoms with van der Waals surface area (Å²) in [5.41, 5.74) is -0.222. The second-order valence-electron chi connectivity index (χ2n) is 5.94. The van der Waals surface area contributed by atoms with Gasteiger partial charge >= 0.3 is 0 Å². The van der Waals surface area contributed by atoms with E-state index in [2.05, 4.69) is 0 Å². The van der Waals surface area contributed by atoms with Crippen LogP contribution in [0.3, 0.4) is 0 Å². The van der Waals surface area contributed by atoms with Crippen LogP contribution in [0, 0.1) is 11.3 Å². The van der Waals surface area contributed by atoms with Gasteiger partial charge in [-0.3, -0.25) is 0 Å². The van der Waals surface area contributed by atoms with Crippen LogP contribution in [0.5, 0.6) is 0 Å². The van der Waals surface area contributed by atoms with Gasteiger partial charge in [-0.15, -0.1) is 0 Å². The van der Waals surface area contributed by atoms with Crippen molar-refractivity contribution in [2.75, 3.05) is 5.75 Å². The Morgan fingerprint density at radius 1 is 1.00 bits per heavy atom. The van der Waals surface area contributed by atoms with Gasteiger partial charge in [0.2, 0.25) is 0 Å². The number of rotatable bonds is 3. The molecule has 0 amide bonds. The third-order valence-electron chi connectivity index (χ3n) is 3.14. The van der Waals surface area contributed by atoms with Gasteiger partial charge in [-0.05, 0) is 25.2 Å². The molecule has 0 aliphatic rings. The average Bonchev–Trinajstić information content (AvgIpc) is 1.80. The molecule has 0 saturated carbocycles. The Balaban J connectivity index is 5.10. The van der Waals surface area contributed by atoms with Gasteiger partial charge in [0.05, 0.1) is 10.5 Å². The van der Waals surface area contributed by atoms with Crippen LogP contribution in [-0.4, -0.2) is 18.9 Å². The lowest BCUT2D eigenvalue weighted by atomic mass is 9.83. The minimum absolute atomic E-state index is 0.196. The fourth-order valence-electron chi connectivity index (χ4n) is 1.11. The van der Waals surface area contributed by atoms with Gasteiger partial charge in [-0.25, -0.2) is 8.42 Å². The van der Waals surface area contributed by atoms with Crippen molar-refractivity contribution < 1.29 is 8.42 Å². The molecule has 0 N–H and O–H groups in total. The molecule has 0 spiro atoms. The average molecular weight is 220 g/mol. The highest BCUT2D eigenvalue weighted by atomic mass is 32.2.